The standard InChI is InChI=1S/C18H20N4O3/c1-2-25-17(24)13-5-7-15(8-6-13)21-18-19-11-14(12-20-18)16(23)22-9-3-4-10-22/h5-8,11-12H,2-4,9-10H2,1H3,(H,19,20,21). The van der Waals surface area contributed by atoms with Gasteiger partial charge in [-0.15, -0.1) is 0 Å². The fourth-order valence-corrected chi connectivity index (χ4v) is 2.64. The van der Waals surface area contributed by atoms with Crippen LogP contribution in [0.2, 0.25) is 0 Å². The first-order chi connectivity index (χ1) is 12.2. The summed E-state index contributed by atoms with van der Waals surface area (Å²) in [6.45, 7) is 3.70. The minimum absolute atomic E-state index is 0.0251. The molecule has 1 aliphatic heterocycles. The first-order valence-corrected chi connectivity index (χ1v) is 8.33. The molecule has 1 aromatic carbocycles. The van der Waals surface area contributed by atoms with E-state index in [-0.39, 0.29) is 11.9 Å². The normalized spacial score (nSPS) is 13.6. The minimum Gasteiger partial charge on any atom is -0.462 e. The molecule has 0 saturated carbocycles. The molecule has 7 nitrogen and oxygen atoms in total. The molecule has 1 aliphatic rings. The van der Waals surface area contributed by atoms with Crippen LogP contribution in [0, 0.1) is 0 Å². The fourth-order valence-electron chi connectivity index (χ4n) is 2.64. The molecule has 0 radical (unpaired) electrons. The van der Waals surface area contributed by atoms with E-state index < -0.39 is 0 Å². The number of benzene rings is 1. The number of anilines is 2. The molecule has 1 amide bonds. The second-order valence-corrected chi connectivity index (χ2v) is 5.72. The quantitative estimate of drug-likeness (QED) is 0.842. The number of ether oxygens (including phenoxy) is 1. The monoisotopic (exact) mass is 340 g/mol. The number of carbonyl (C=O) groups is 2. The maximum atomic E-state index is 12.3. The minimum atomic E-state index is -0.352. The van der Waals surface area contributed by atoms with Gasteiger partial charge in [-0.1, -0.05) is 0 Å². The van der Waals surface area contributed by atoms with Crippen LogP contribution >= 0.6 is 0 Å². The Morgan fingerprint density at radius 2 is 1.72 bits per heavy atom. The fraction of sp³-hybridized carbons (Fsp3) is 0.333. The zero-order chi connectivity index (χ0) is 17.6. The highest BCUT2D eigenvalue weighted by molar-refractivity contribution is 5.94. The number of hydrogen-bond acceptors (Lipinski definition) is 6. The molecule has 1 fully saturated rings. The second-order valence-electron chi connectivity index (χ2n) is 5.72. The highest BCUT2D eigenvalue weighted by atomic mass is 16.5. The SMILES string of the molecule is CCOC(=O)c1ccc(Nc2ncc(C(=O)N3CCCC3)cn2)cc1. The first-order valence-electron chi connectivity index (χ1n) is 8.33. The van der Waals surface area contributed by atoms with Crippen LogP contribution in [0.1, 0.15) is 40.5 Å². The average molecular weight is 340 g/mol. The Morgan fingerprint density at radius 3 is 2.32 bits per heavy atom. The van der Waals surface area contributed by atoms with Crippen LogP contribution in [-0.4, -0.2) is 46.4 Å². The molecule has 1 aromatic heterocycles. The van der Waals surface area contributed by atoms with Crippen molar-refractivity contribution in [3.63, 3.8) is 0 Å². The summed E-state index contributed by atoms with van der Waals surface area (Å²) < 4.78 is 4.94. The third kappa shape index (κ3) is 4.12. The highest BCUT2D eigenvalue weighted by Crippen LogP contribution is 2.16. The summed E-state index contributed by atoms with van der Waals surface area (Å²) >= 11 is 0. The lowest BCUT2D eigenvalue weighted by atomic mass is 10.2. The van der Waals surface area contributed by atoms with E-state index in [1.807, 2.05) is 4.90 Å². The Bertz CT molecular complexity index is 738. The Labute approximate surface area is 146 Å². The predicted molar refractivity (Wildman–Crippen MR) is 92.9 cm³/mol. The van der Waals surface area contributed by atoms with E-state index in [0.29, 0.717) is 23.7 Å². The largest absolute Gasteiger partial charge is 0.462 e. The lowest BCUT2D eigenvalue weighted by molar-refractivity contribution is 0.0526. The Morgan fingerprint density at radius 1 is 1.08 bits per heavy atom. The molecule has 0 unspecified atom stereocenters. The van der Waals surface area contributed by atoms with Crippen LogP contribution in [0.15, 0.2) is 36.7 Å². The van der Waals surface area contributed by atoms with Gasteiger partial charge in [0.25, 0.3) is 5.91 Å². The van der Waals surface area contributed by atoms with E-state index in [1.165, 1.54) is 12.4 Å². The average Bonchev–Trinajstić information content (AvgIpc) is 3.17. The predicted octanol–water partition coefficient (Wildman–Crippen LogP) is 2.63. The maximum Gasteiger partial charge on any atom is 0.338 e. The van der Waals surface area contributed by atoms with Crippen molar-refractivity contribution in [2.45, 2.75) is 19.8 Å². The van der Waals surface area contributed by atoms with Crippen molar-refractivity contribution in [1.82, 2.24) is 14.9 Å². The van der Waals surface area contributed by atoms with E-state index in [9.17, 15) is 9.59 Å². The second kappa shape index (κ2) is 7.74. The molecule has 0 atom stereocenters. The van der Waals surface area contributed by atoms with Crippen LogP contribution in [-0.2, 0) is 4.74 Å². The molecule has 0 aliphatic carbocycles. The Hall–Kier alpha value is -2.96. The summed E-state index contributed by atoms with van der Waals surface area (Å²) in [5, 5.41) is 3.04. The molecule has 1 N–H and O–H groups in total. The third-order valence-corrected chi connectivity index (χ3v) is 3.94. The van der Waals surface area contributed by atoms with E-state index >= 15 is 0 Å². The molecule has 3 rings (SSSR count). The van der Waals surface area contributed by atoms with Crippen LogP contribution in [0.3, 0.4) is 0 Å². The molecule has 2 heterocycles. The molecule has 25 heavy (non-hydrogen) atoms. The smallest absolute Gasteiger partial charge is 0.338 e. The molecule has 2 aromatic rings. The van der Waals surface area contributed by atoms with Crippen molar-refractivity contribution in [2.24, 2.45) is 0 Å². The lowest BCUT2D eigenvalue weighted by Gasteiger charge is -2.14. The van der Waals surface area contributed by atoms with Crippen molar-refractivity contribution < 1.29 is 14.3 Å². The Kier molecular flexibility index (Phi) is 5.23. The summed E-state index contributed by atoms with van der Waals surface area (Å²) in [7, 11) is 0. The topological polar surface area (TPSA) is 84.4 Å². The van der Waals surface area contributed by atoms with Crippen LogP contribution in [0.5, 0.6) is 0 Å². The molecule has 0 bridgehead atoms. The van der Waals surface area contributed by atoms with E-state index in [2.05, 4.69) is 15.3 Å². The van der Waals surface area contributed by atoms with E-state index in [1.54, 1.807) is 31.2 Å². The summed E-state index contributed by atoms with van der Waals surface area (Å²) in [4.78, 5) is 34.1. The van der Waals surface area contributed by atoms with Crippen molar-refractivity contribution in [3.8, 4) is 0 Å². The number of esters is 1. The molecular formula is C18H20N4O3. The van der Waals surface area contributed by atoms with Crippen LogP contribution in [0.25, 0.3) is 0 Å². The first kappa shape index (κ1) is 16.9. The van der Waals surface area contributed by atoms with E-state index in [0.717, 1.165) is 31.6 Å². The molecule has 7 heteroatoms. The van der Waals surface area contributed by atoms with Crippen molar-refractivity contribution in [3.05, 3.63) is 47.8 Å². The summed E-state index contributed by atoms with van der Waals surface area (Å²) in [5.74, 6) is 0.0137. The van der Waals surface area contributed by atoms with Crippen molar-refractivity contribution in [1.29, 1.82) is 0 Å². The van der Waals surface area contributed by atoms with Crippen LogP contribution in [0.4, 0.5) is 11.6 Å². The maximum absolute atomic E-state index is 12.3. The van der Waals surface area contributed by atoms with Crippen molar-refractivity contribution in [2.75, 3.05) is 25.0 Å². The highest BCUT2D eigenvalue weighted by Gasteiger charge is 2.19. The number of nitrogens with one attached hydrogen (secondary N) is 1. The number of amides is 1. The van der Waals surface area contributed by atoms with Gasteiger partial charge in [-0.25, -0.2) is 14.8 Å². The van der Waals surface area contributed by atoms with E-state index in [4.69, 9.17) is 4.74 Å². The molecule has 0 spiro atoms. The summed E-state index contributed by atoms with van der Waals surface area (Å²) in [5.41, 5.74) is 1.72. The van der Waals surface area contributed by atoms with Gasteiger partial charge in [0, 0.05) is 31.2 Å². The van der Waals surface area contributed by atoms with Gasteiger partial charge in [0.1, 0.15) is 0 Å². The third-order valence-electron chi connectivity index (χ3n) is 3.94. The van der Waals surface area contributed by atoms with Gasteiger partial charge in [0.2, 0.25) is 5.95 Å². The molecule has 1 saturated heterocycles. The van der Waals surface area contributed by atoms with Gasteiger partial charge in [-0.05, 0) is 44.0 Å². The number of aromatic nitrogens is 2. The lowest BCUT2D eigenvalue weighted by Crippen LogP contribution is -2.27. The number of hydrogen-bond donors (Lipinski definition) is 1. The number of carbonyl (C=O) groups excluding carboxylic acids is 2. The number of nitrogens with zero attached hydrogens (tertiary/aromatic N) is 3. The Balaban J connectivity index is 1.63. The van der Waals surface area contributed by atoms with Gasteiger partial charge in [0.05, 0.1) is 17.7 Å². The molecular weight excluding hydrogens is 320 g/mol. The van der Waals surface area contributed by atoms with Gasteiger partial charge in [-0.3, -0.25) is 4.79 Å². The van der Waals surface area contributed by atoms with Crippen LogP contribution < -0.4 is 5.32 Å². The van der Waals surface area contributed by atoms with Gasteiger partial charge in [0.15, 0.2) is 0 Å². The zero-order valence-electron chi connectivity index (χ0n) is 14.1. The van der Waals surface area contributed by atoms with Crippen molar-refractivity contribution >= 4 is 23.5 Å². The van der Waals surface area contributed by atoms with Gasteiger partial charge in [-0.2, -0.15) is 0 Å². The van der Waals surface area contributed by atoms with Gasteiger partial charge < -0.3 is 15.0 Å². The summed E-state index contributed by atoms with van der Waals surface area (Å²) in [6, 6.07) is 6.84. The number of likely N-dealkylation sites (tertiary alicyclic amines) is 1. The number of rotatable bonds is 5. The van der Waals surface area contributed by atoms with Gasteiger partial charge >= 0.3 is 5.97 Å². The summed E-state index contributed by atoms with van der Waals surface area (Å²) in [6.07, 6.45) is 5.16. The molecule has 130 valence electrons. The zero-order valence-corrected chi connectivity index (χ0v) is 14.1.